The maximum atomic E-state index is 2.74. The molecule has 0 bridgehead atoms. The molecule has 0 amide bonds. The Morgan fingerprint density at radius 2 is 2.00 bits per heavy atom. The molecule has 1 N–H and O–H groups in total. The number of hydrogen-bond donors (Lipinski definition) is 1. The zero-order chi connectivity index (χ0) is 6.24. The van der Waals surface area contributed by atoms with Crippen LogP contribution in [0, 0.1) is 13.6 Å². The summed E-state index contributed by atoms with van der Waals surface area (Å²) < 4.78 is 0. The van der Waals surface area contributed by atoms with Crippen LogP contribution in [0.25, 0.3) is 0 Å². The Hall–Kier alpha value is 1.36. The van der Waals surface area contributed by atoms with Gasteiger partial charge in [-0.2, -0.15) is 18.3 Å². The second-order valence-electron chi connectivity index (χ2n) is 0.865. The van der Waals surface area contributed by atoms with Gasteiger partial charge in [-0.1, -0.05) is 0 Å². The van der Waals surface area contributed by atoms with Crippen LogP contribution < -0.4 is 0 Å². The molecule has 0 aromatic carbocycles. The van der Waals surface area contributed by atoms with E-state index in [-0.39, 0.29) is 7.43 Å². The van der Waals surface area contributed by atoms with Crippen molar-refractivity contribution in [3.05, 3.63) is 32.0 Å². The molecule has 0 aliphatic carbocycles. The van der Waals surface area contributed by atoms with Crippen LogP contribution in [-0.4, -0.2) is 4.98 Å². The largest absolute Gasteiger partial charge is 0.484 e. The summed E-state index contributed by atoms with van der Waals surface area (Å²) in [5.74, 6) is 0. The van der Waals surface area contributed by atoms with Gasteiger partial charge in [0.05, 0.1) is 0 Å². The third-order valence-corrected chi connectivity index (χ3v) is 0.442. The summed E-state index contributed by atoms with van der Waals surface area (Å²) in [6.07, 6.45) is 4.56. The van der Waals surface area contributed by atoms with Crippen LogP contribution in [-0.2, 0) is 10.1 Å². The zero-order valence-corrected chi connectivity index (χ0v) is 10.9. The van der Waals surface area contributed by atoms with Gasteiger partial charge in [-0.15, -0.1) is 6.20 Å². The van der Waals surface area contributed by atoms with Crippen molar-refractivity contribution in [3.63, 3.8) is 0 Å². The van der Waals surface area contributed by atoms with E-state index in [0.29, 0.717) is 10.1 Å². The monoisotopic (exact) mass is 437 g/mol. The molecular weight excluding hydrogens is 429 g/mol. The topological polar surface area (TPSA) is 15.8 Å². The molecule has 1 aromatic rings. The molecule has 0 atom stereocenters. The number of H-pyrrole nitrogens is 1. The van der Waals surface area contributed by atoms with Crippen molar-refractivity contribution in [3.8, 4) is 0 Å². The SMILES string of the molecule is [CH3-].[I][Ru+2][I].[c-]1ccc[nH]1. The van der Waals surface area contributed by atoms with E-state index in [0.717, 1.165) is 0 Å². The summed E-state index contributed by atoms with van der Waals surface area (Å²) in [6.45, 7) is 0. The minimum Gasteiger partial charge on any atom is -0.484 e. The Balaban J connectivity index is 0. The molecule has 0 radical (unpaired) electrons. The first-order valence-corrected chi connectivity index (χ1v) is 12.1. The van der Waals surface area contributed by atoms with Crippen molar-refractivity contribution in [2.24, 2.45) is 0 Å². The van der Waals surface area contributed by atoms with E-state index in [1.54, 1.807) is 0 Å². The summed E-state index contributed by atoms with van der Waals surface area (Å²) in [7, 11) is 0.650. The maximum absolute atomic E-state index is 2.74. The predicted octanol–water partition coefficient (Wildman–Crippen LogP) is 3.03. The van der Waals surface area contributed by atoms with Crippen molar-refractivity contribution in [1.29, 1.82) is 0 Å². The average molecular weight is 436 g/mol. The van der Waals surface area contributed by atoms with E-state index in [9.17, 15) is 0 Å². The molecule has 1 nitrogen and oxygen atoms in total. The van der Waals surface area contributed by atoms with E-state index in [4.69, 9.17) is 0 Å². The molecule has 54 valence electrons. The van der Waals surface area contributed by atoms with Gasteiger partial charge in [0.1, 0.15) is 0 Å². The summed E-state index contributed by atoms with van der Waals surface area (Å²) in [4.78, 5) is 2.74. The fourth-order valence-electron chi connectivity index (χ4n) is 0.241. The summed E-state index contributed by atoms with van der Waals surface area (Å²) in [6, 6.07) is 3.71. The number of hydrogen-bond acceptors (Lipinski definition) is 0. The smallest absolute Gasteiger partial charge is 0.108 e. The van der Waals surface area contributed by atoms with Crippen molar-refractivity contribution in [2.45, 2.75) is 0 Å². The first-order valence-electron chi connectivity index (χ1n) is 1.76. The van der Waals surface area contributed by atoms with Gasteiger partial charge < -0.3 is 12.4 Å². The Labute approximate surface area is 85.3 Å². The van der Waals surface area contributed by atoms with Crippen molar-refractivity contribution >= 4 is 39.5 Å². The molecule has 0 saturated carbocycles. The van der Waals surface area contributed by atoms with Crippen LogP contribution >= 0.6 is 39.5 Å². The van der Waals surface area contributed by atoms with Crippen LogP contribution in [0.5, 0.6) is 0 Å². The summed E-state index contributed by atoms with van der Waals surface area (Å²) >= 11 is 4.73. The van der Waals surface area contributed by atoms with Crippen LogP contribution in [0.2, 0.25) is 0 Å². The standard InChI is InChI=1S/C4H4N.CH3.2HI.Ru/c1-2-4-5-3-1;;;;/h1-3,5H;1H3;2*1H;/q2*-1;;;+4/p-2. The second-order valence-corrected chi connectivity index (χ2v) is 14.3. The van der Waals surface area contributed by atoms with Gasteiger partial charge in [-0.25, -0.2) is 0 Å². The summed E-state index contributed by atoms with van der Waals surface area (Å²) in [5.41, 5.74) is 0. The van der Waals surface area contributed by atoms with Gasteiger partial charge in [0.15, 0.2) is 0 Å². The van der Waals surface area contributed by atoms with Crippen LogP contribution in [0.3, 0.4) is 0 Å². The minimum atomic E-state index is 0. The van der Waals surface area contributed by atoms with Crippen LogP contribution in [0.1, 0.15) is 0 Å². The van der Waals surface area contributed by atoms with Gasteiger partial charge in [0.25, 0.3) is 0 Å². The van der Waals surface area contributed by atoms with Gasteiger partial charge >= 0.3 is 49.6 Å². The second kappa shape index (κ2) is 12.1. The van der Waals surface area contributed by atoms with Crippen LogP contribution in [0.4, 0.5) is 0 Å². The predicted molar refractivity (Wildman–Crippen MR) is 54.1 cm³/mol. The Morgan fingerprint density at radius 1 is 1.44 bits per heavy atom. The first kappa shape index (κ1) is 13.0. The molecule has 1 rings (SSSR count). The Bertz CT molecular complexity index is 81.9. The quantitative estimate of drug-likeness (QED) is 0.366. The molecule has 0 spiro atoms. The molecule has 0 fully saturated rings. The summed E-state index contributed by atoms with van der Waals surface area (Å²) in [5, 5.41) is 0. The van der Waals surface area contributed by atoms with Gasteiger partial charge in [0.2, 0.25) is 0 Å². The minimum absolute atomic E-state index is 0. The number of nitrogens with one attached hydrogen (secondary N) is 1. The van der Waals surface area contributed by atoms with E-state index in [1.807, 2.05) is 18.3 Å². The van der Waals surface area contributed by atoms with E-state index >= 15 is 0 Å². The average Bonchev–Trinajstić information content (AvgIpc) is 2.17. The van der Waals surface area contributed by atoms with Crippen molar-refractivity contribution < 1.29 is 10.1 Å². The van der Waals surface area contributed by atoms with E-state index < -0.39 is 0 Å². The number of rotatable bonds is 0. The molecule has 0 saturated heterocycles. The molecule has 1 aromatic heterocycles. The normalized spacial score (nSPS) is 6.44. The number of aromatic nitrogens is 1. The molecule has 0 unspecified atom stereocenters. The van der Waals surface area contributed by atoms with Crippen molar-refractivity contribution in [1.82, 2.24) is 4.98 Å². The molecular formula is C5H7I2NRu. The number of aromatic amines is 1. The number of halogens is 2. The molecule has 1 heterocycles. The zero-order valence-electron chi connectivity index (χ0n) is 4.84. The third kappa shape index (κ3) is 12.5. The van der Waals surface area contributed by atoms with Gasteiger partial charge in [-0.3, -0.25) is 0 Å². The first-order chi connectivity index (χ1) is 3.91. The molecule has 0 aliphatic rings. The Kier molecular flexibility index (Phi) is 17.4. The maximum Gasteiger partial charge on any atom is -0.108 e. The van der Waals surface area contributed by atoms with Crippen LogP contribution in [0.15, 0.2) is 18.3 Å². The molecule has 9 heavy (non-hydrogen) atoms. The Morgan fingerprint density at radius 3 is 2.11 bits per heavy atom. The fourth-order valence-corrected chi connectivity index (χ4v) is 0.241. The third-order valence-electron chi connectivity index (χ3n) is 0.442. The van der Waals surface area contributed by atoms with Crippen molar-refractivity contribution in [2.75, 3.05) is 0 Å². The molecule has 0 aliphatic heterocycles. The fraction of sp³-hybridized carbons (Fsp3) is 0. The van der Waals surface area contributed by atoms with Gasteiger partial charge in [-0.05, 0) is 0 Å². The van der Waals surface area contributed by atoms with E-state index in [1.165, 1.54) is 0 Å². The molecule has 4 heteroatoms. The van der Waals surface area contributed by atoms with Gasteiger partial charge in [0, 0.05) is 0 Å². The van der Waals surface area contributed by atoms with E-state index in [2.05, 4.69) is 50.7 Å².